The summed E-state index contributed by atoms with van der Waals surface area (Å²) in [5.74, 6) is 2.15. The largest absolute Gasteiger partial charge is 0.468 e. The molecule has 84 valence electrons. The number of carbonyl (C=O) groups excluding carboxylic acids is 1. The lowest BCUT2D eigenvalue weighted by Crippen LogP contribution is -2.39. The number of benzene rings is 1. The zero-order chi connectivity index (χ0) is 11.8. The second kappa shape index (κ2) is 6.65. The molecule has 0 amide bonds. The average molecular weight is 217 g/mol. The van der Waals surface area contributed by atoms with Gasteiger partial charge in [0, 0.05) is 0 Å². The molecule has 0 fully saturated rings. The van der Waals surface area contributed by atoms with Crippen LogP contribution in [0, 0.1) is 12.3 Å². The Labute approximate surface area is 95.8 Å². The van der Waals surface area contributed by atoms with Crippen LogP contribution in [0.15, 0.2) is 30.3 Å². The lowest BCUT2D eigenvalue weighted by Gasteiger charge is -2.14. The molecule has 0 aromatic heterocycles. The molecule has 0 saturated heterocycles. The maximum Gasteiger partial charge on any atom is 0.323 e. The third-order valence-corrected chi connectivity index (χ3v) is 2.22. The van der Waals surface area contributed by atoms with Crippen LogP contribution in [0.25, 0.3) is 0 Å². The highest BCUT2D eigenvalue weighted by Gasteiger charge is 2.18. The first-order chi connectivity index (χ1) is 7.77. The molecule has 0 saturated carbocycles. The molecule has 1 aromatic carbocycles. The van der Waals surface area contributed by atoms with Gasteiger partial charge in [-0.05, 0) is 12.0 Å². The van der Waals surface area contributed by atoms with Crippen molar-refractivity contribution in [1.82, 2.24) is 5.32 Å². The van der Waals surface area contributed by atoms with Gasteiger partial charge in [0.05, 0.1) is 13.7 Å². The highest BCUT2D eigenvalue weighted by atomic mass is 16.5. The minimum absolute atomic E-state index is 0.292. The van der Waals surface area contributed by atoms with Crippen molar-refractivity contribution >= 4 is 5.97 Å². The van der Waals surface area contributed by atoms with E-state index in [1.807, 2.05) is 30.3 Å². The van der Waals surface area contributed by atoms with Crippen LogP contribution >= 0.6 is 0 Å². The van der Waals surface area contributed by atoms with Gasteiger partial charge in [-0.3, -0.25) is 10.1 Å². The molecule has 1 N–H and O–H groups in total. The minimum Gasteiger partial charge on any atom is -0.468 e. The van der Waals surface area contributed by atoms with Crippen LogP contribution in [0.4, 0.5) is 0 Å². The summed E-state index contributed by atoms with van der Waals surface area (Å²) < 4.78 is 4.71. The smallest absolute Gasteiger partial charge is 0.323 e. The van der Waals surface area contributed by atoms with Gasteiger partial charge in [-0.15, -0.1) is 6.42 Å². The first-order valence-electron chi connectivity index (χ1n) is 5.06. The van der Waals surface area contributed by atoms with Gasteiger partial charge in [-0.2, -0.15) is 0 Å². The Morgan fingerprint density at radius 2 is 2.19 bits per heavy atom. The predicted molar refractivity (Wildman–Crippen MR) is 62.8 cm³/mol. The first-order valence-corrected chi connectivity index (χ1v) is 5.06. The van der Waals surface area contributed by atoms with Crippen LogP contribution in [0.5, 0.6) is 0 Å². The van der Waals surface area contributed by atoms with E-state index in [1.54, 1.807) is 0 Å². The van der Waals surface area contributed by atoms with Gasteiger partial charge >= 0.3 is 5.97 Å². The van der Waals surface area contributed by atoms with Gasteiger partial charge in [0.1, 0.15) is 6.04 Å². The van der Waals surface area contributed by atoms with Gasteiger partial charge in [-0.25, -0.2) is 0 Å². The van der Waals surface area contributed by atoms with Crippen LogP contribution in [0.3, 0.4) is 0 Å². The highest BCUT2D eigenvalue weighted by molar-refractivity contribution is 5.76. The quantitative estimate of drug-likeness (QED) is 0.590. The van der Waals surface area contributed by atoms with E-state index in [-0.39, 0.29) is 12.0 Å². The summed E-state index contributed by atoms with van der Waals surface area (Å²) in [7, 11) is 1.37. The number of ether oxygens (including phenoxy) is 1. The molecule has 0 aliphatic heterocycles. The summed E-state index contributed by atoms with van der Waals surface area (Å²) in [5, 5.41) is 2.96. The molecule has 0 aliphatic carbocycles. The normalized spacial score (nSPS) is 11.5. The molecular weight excluding hydrogens is 202 g/mol. The highest BCUT2D eigenvalue weighted by Crippen LogP contribution is 2.04. The number of terminal acetylenes is 1. The Hall–Kier alpha value is -1.79. The zero-order valence-corrected chi connectivity index (χ0v) is 9.27. The lowest BCUT2D eigenvalue weighted by molar-refractivity contribution is -0.143. The summed E-state index contributed by atoms with van der Waals surface area (Å²) >= 11 is 0. The van der Waals surface area contributed by atoms with E-state index in [2.05, 4.69) is 11.2 Å². The summed E-state index contributed by atoms with van der Waals surface area (Å²) in [5.41, 5.74) is 1.07. The first kappa shape index (κ1) is 12.3. The molecule has 0 radical (unpaired) electrons. The lowest BCUT2D eigenvalue weighted by atomic mass is 10.1. The maximum absolute atomic E-state index is 11.5. The summed E-state index contributed by atoms with van der Waals surface area (Å²) in [6.07, 6.45) is 5.73. The van der Waals surface area contributed by atoms with Crippen molar-refractivity contribution < 1.29 is 9.53 Å². The van der Waals surface area contributed by atoms with Crippen LogP contribution < -0.4 is 5.32 Å². The number of hydrogen-bond donors (Lipinski definition) is 1. The average Bonchev–Trinajstić information content (AvgIpc) is 2.34. The van der Waals surface area contributed by atoms with Crippen molar-refractivity contribution in [3.05, 3.63) is 35.9 Å². The molecule has 0 heterocycles. The molecule has 0 unspecified atom stereocenters. The fraction of sp³-hybridized carbons (Fsp3) is 0.308. The SMILES string of the molecule is C#CCN[C@@H](Cc1ccccc1)C(=O)OC. The van der Waals surface area contributed by atoms with Gasteiger partial charge < -0.3 is 4.74 Å². The van der Waals surface area contributed by atoms with Crippen molar-refractivity contribution in [2.24, 2.45) is 0 Å². The number of rotatable bonds is 5. The molecule has 0 aliphatic rings. The van der Waals surface area contributed by atoms with E-state index in [0.29, 0.717) is 13.0 Å². The molecule has 16 heavy (non-hydrogen) atoms. The molecule has 1 rings (SSSR count). The summed E-state index contributed by atoms with van der Waals surface area (Å²) in [6, 6.07) is 9.35. The molecular formula is C13H15NO2. The van der Waals surface area contributed by atoms with E-state index in [1.165, 1.54) is 7.11 Å². The topological polar surface area (TPSA) is 38.3 Å². The number of hydrogen-bond acceptors (Lipinski definition) is 3. The van der Waals surface area contributed by atoms with E-state index in [0.717, 1.165) is 5.56 Å². The van der Waals surface area contributed by atoms with Gasteiger partial charge in [-0.1, -0.05) is 36.3 Å². The Morgan fingerprint density at radius 3 is 2.75 bits per heavy atom. The minimum atomic E-state index is -0.386. The van der Waals surface area contributed by atoms with Crippen LogP contribution in [0.2, 0.25) is 0 Å². The van der Waals surface area contributed by atoms with Crippen LogP contribution in [-0.2, 0) is 16.0 Å². The number of methoxy groups -OCH3 is 1. The molecule has 3 heteroatoms. The van der Waals surface area contributed by atoms with Crippen molar-refractivity contribution in [2.45, 2.75) is 12.5 Å². The van der Waals surface area contributed by atoms with E-state index in [4.69, 9.17) is 11.2 Å². The number of carbonyl (C=O) groups is 1. The molecule has 3 nitrogen and oxygen atoms in total. The molecule has 0 spiro atoms. The van der Waals surface area contributed by atoms with E-state index < -0.39 is 0 Å². The fourth-order valence-electron chi connectivity index (χ4n) is 1.41. The van der Waals surface area contributed by atoms with Crippen molar-refractivity contribution in [3.8, 4) is 12.3 Å². The Morgan fingerprint density at radius 1 is 1.50 bits per heavy atom. The van der Waals surface area contributed by atoms with Gasteiger partial charge in [0.15, 0.2) is 0 Å². The predicted octanol–water partition coefficient (Wildman–Crippen LogP) is 0.993. The van der Waals surface area contributed by atoms with Crippen molar-refractivity contribution in [2.75, 3.05) is 13.7 Å². The second-order valence-corrected chi connectivity index (χ2v) is 3.35. The zero-order valence-electron chi connectivity index (χ0n) is 9.27. The van der Waals surface area contributed by atoms with E-state index >= 15 is 0 Å². The summed E-state index contributed by atoms with van der Waals surface area (Å²) in [6.45, 7) is 0.354. The van der Waals surface area contributed by atoms with Crippen molar-refractivity contribution in [1.29, 1.82) is 0 Å². The standard InChI is InChI=1S/C13H15NO2/c1-3-9-14-12(13(15)16-2)10-11-7-5-4-6-8-11/h1,4-8,12,14H,9-10H2,2H3/t12-/m0/s1. The molecule has 1 aromatic rings. The van der Waals surface area contributed by atoms with Gasteiger partial charge in [0.2, 0.25) is 0 Å². The monoisotopic (exact) mass is 217 g/mol. The second-order valence-electron chi connectivity index (χ2n) is 3.35. The molecule has 0 bridgehead atoms. The van der Waals surface area contributed by atoms with Gasteiger partial charge in [0.25, 0.3) is 0 Å². The summed E-state index contributed by atoms with van der Waals surface area (Å²) in [4.78, 5) is 11.5. The molecule has 1 atom stereocenters. The fourth-order valence-corrected chi connectivity index (χ4v) is 1.41. The van der Waals surface area contributed by atoms with Crippen molar-refractivity contribution in [3.63, 3.8) is 0 Å². The number of nitrogens with one attached hydrogen (secondary N) is 1. The third kappa shape index (κ3) is 3.76. The van der Waals surface area contributed by atoms with E-state index in [9.17, 15) is 4.79 Å². The number of esters is 1. The van der Waals surface area contributed by atoms with Crippen LogP contribution in [-0.4, -0.2) is 25.7 Å². The maximum atomic E-state index is 11.5. The third-order valence-electron chi connectivity index (χ3n) is 2.22. The Balaban J connectivity index is 2.64. The Kier molecular flexibility index (Phi) is 5.10. The van der Waals surface area contributed by atoms with Crippen LogP contribution in [0.1, 0.15) is 5.56 Å². The Bertz CT molecular complexity index is 367.